The number of aliphatic carboxylic acids is 1. The van der Waals surface area contributed by atoms with Crippen LogP contribution in [-0.4, -0.2) is 41.8 Å². The van der Waals surface area contributed by atoms with Crippen molar-refractivity contribution >= 4 is 34.2 Å². The van der Waals surface area contributed by atoms with E-state index in [0.717, 1.165) is 16.7 Å². The number of carboxylic acids is 1. The third-order valence-electron chi connectivity index (χ3n) is 6.20. The zero-order valence-electron chi connectivity index (χ0n) is 18.3. The third-order valence-corrected chi connectivity index (χ3v) is 7.10. The number of ether oxygens (including phenoxy) is 2. The number of hydrogen-bond donors (Lipinski definition) is 2. The van der Waals surface area contributed by atoms with Gasteiger partial charge in [0, 0.05) is 10.9 Å². The number of hydrogen-bond acceptors (Lipinski definition) is 6. The van der Waals surface area contributed by atoms with Crippen molar-refractivity contribution in [2.24, 2.45) is 11.8 Å². The molecule has 32 heavy (non-hydrogen) atoms. The van der Waals surface area contributed by atoms with Gasteiger partial charge in [0.05, 0.1) is 30.7 Å². The highest BCUT2D eigenvalue weighted by atomic mass is 32.1. The van der Waals surface area contributed by atoms with Gasteiger partial charge in [0.25, 0.3) is 0 Å². The summed E-state index contributed by atoms with van der Waals surface area (Å²) in [5.41, 5.74) is 4.02. The molecule has 0 radical (unpaired) electrons. The van der Waals surface area contributed by atoms with Crippen molar-refractivity contribution in [1.29, 1.82) is 0 Å². The molecule has 2 aromatic rings. The van der Waals surface area contributed by atoms with Gasteiger partial charge in [0.1, 0.15) is 10.6 Å². The van der Waals surface area contributed by atoms with Crippen LogP contribution in [0.3, 0.4) is 0 Å². The molecule has 8 heteroatoms. The molecule has 0 unspecified atom stereocenters. The lowest BCUT2D eigenvalue weighted by atomic mass is 9.78. The maximum absolute atomic E-state index is 13.2. The minimum absolute atomic E-state index is 0.274. The smallest absolute Gasteiger partial charge is 0.341 e. The van der Waals surface area contributed by atoms with Gasteiger partial charge in [-0.3, -0.25) is 9.59 Å². The average molecular weight is 458 g/mol. The Kier molecular flexibility index (Phi) is 6.35. The second kappa shape index (κ2) is 9.03. The largest absolute Gasteiger partial charge is 0.481 e. The fraction of sp³-hybridized carbons (Fsp3) is 0.458. The molecule has 1 amide bonds. The Labute approximate surface area is 190 Å². The van der Waals surface area contributed by atoms with Crippen LogP contribution in [0.5, 0.6) is 0 Å². The fourth-order valence-electron chi connectivity index (χ4n) is 4.75. The minimum Gasteiger partial charge on any atom is -0.481 e. The summed E-state index contributed by atoms with van der Waals surface area (Å²) in [5.74, 6) is -3.61. The third kappa shape index (κ3) is 4.04. The van der Waals surface area contributed by atoms with Crippen LogP contribution < -0.4 is 5.32 Å². The number of nitrogens with one attached hydrogen (secondary N) is 1. The molecule has 2 aliphatic heterocycles. The Morgan fingerprint density at radius 2 is 1.88 bits per heavy atom. The van der Waals surface area contributed by atoms with Gasteiger partial charge >= 0.3 is 11.9 Å². The number of anilines is 1. The van der Waals surface area contributed by atoms with Crippen LogP contribution in [0.15, 0.2) is 23.6 Å². The van der Waals surface area contributed by atoms with Gasteiger partial charge < -0.3 is 19.9 Å². The number of fused-ring (bicyclic) bond motifs is 2. The number of carbonyl (C=O) groups excluding carboxylic acids is 2. The van der Waals surface area contributed by atoms with E-state index >= 15 is 0 Å². The molecule has 3 heterocycles. The van der Waals surface area contributed by atoms with E-state index in [1.54, 1.807) is 0 Å². The summed E-state index contributed by atoms with van der Waals surface area (Å²) in [4.78, 5) is 37.9. The number of carboxylic acid groups (broad SMARTS) is 1. The van der Waals surface area contributed by atoms with Gasteiger partial charge in [-0.05, 0) is 44.2 Å². The van der Waals surface area contributed by atoms with E-state index in [0.29, 0.717) is 35.4 Å². The summed E-state index contributed by atoms with van der Waals surface area (Å²) in [7, 11) is 0. The number of amides is 1. The van der Waals surface area contributed by atoms with E-state index in [2.05, 4.69) is 5.32 Å². The van der Waals surface area contributed by atoms with Crippen LogP contribution in [0.4, 0.5) is 5.00 Å². The Hall–Kier alpha value is -2.71. The van der Waals surface area contributed by atoms with E-state index in [1.807, 2.05) is 44.4 Å². The van der Waals surface area contributed by atoms with Crippen LogP contribution in [0, 0.1) is 25.7 Å². The molecule has 1 aromatic carbocycles. The SMILES string of the molecule is CCCOC(=O)c1c(-c2ccc(C)cc2C)csc1NC(=O)[C@H]1[C@H](C(=O)O)[C@H]2CC[C@H]1O2. The zero-order chi connectivity index (χ0) is 23.0. The topological polar surface area (TPSA) is 102 Å². The predicted molar refractivity (Wildman–Crippen MR) is 121 cm³/mol. The Balaban J connectivity index is 1.68. The van der Waals surface area contributed by atoms with Crippen molar-refractivity contribution in [2.75, 3.05) is 11.9 Å². The van der Waals surface area contributed by atoms with Crippen molar-refractivity contribution < 1.29 is 29.0 Å². The molecule has 2 saturated heterocycles. The van der Waals surface area contributed by atoms with E-state index in [4.69, 9.17) is 9.47 Å². The normalized spacial score (nSPS) is 23.8. The molecular formula is C24H27NO6S. The molecule has 1 aromatic heterocycles. The summed E-state index contributed by atoms with van der Waals surface area (Å²) in [5, 5.41) is 14.7. The fourth-order valence-corrected chi connectivity index (χ4v) is 5.70. The van der Waals surface area contributed by atoms with Crippen molar-refractivity contribution in [1.82, 2.24) is 0 Å². The van der Waals surface area contributed by atoms with Crippen molar-refractivity contribution in [2.45, 2.75) is 52.2 Å². The first-order valence-electron chi connectivity index (χ1n) is 10.9. The standard InChI is InChI=1S/C24H27NO6S/c1-4-9-30-24(29)18-15(14-6-5-12(2)10-13(14)3)11-32-22(18)25-21(26)19-16-7-8-17(31-16)20(19)23(27)28/h5-6,10-11,16-17,19-20H,4,7-9H2,1-3H3,(H,25,26)(H,27,28)/t16-,17-,19-,20-/m1/s1. The maximum atomic E-state index is 13.2. The van der Waals surface area contributed by atoms with Crippen molar-refractivity contribution in [3.8, 4) is 11.1 Å². The highest BCUT2D eigenvalue weighted by molar-refractivity contribution is 7.15. The highest BCUT2D eigenvalue weighted by Gasteiger charge is 2.55. The minimum atomic E-state index is -1.03. The van der Waals surface area contributed by atoms with Crippen LogP contribution in [0.2, 0.25) is 0 Å². The van der Waals surface area contributed by atoms with Gasteiger partial charge in [0.15, 0.2) is 0 Å². The van der Waals surface area contributed by atoms with E-state index < -0.39 is 41.9 Å². The van der Waals surface area contributed by atoms with Gasteiger partial charge in [-0.1, -0.05) is 30.7 Å². The van der Waals surface area contributed by atoms with Crippen LogP contribution in [0.1, 0.15) is 47.7 Å². The molecule has 7 nitrogen and oxygen atoms in total. The first-order chi connectivity index (χ1) is 15.3. The number of esters is 1. The highest BCUT2D eigenvalue weighted by Crippen LogP contribution is 2.45. The monoisotopic (exact) mass is 457 g/mol. The Morgan fingerprint density at radius 3 is 2.53 bits per heavy atom. The van der Waals surface area contributed by atoms with Crippen molar-refractivity contribution in [3.63, 3.8) is 0 Å². The van der Waals surface area contributed by atoms with Crippen LogP contribution >= 0.6 is 11.3 Å². The number of carbonyl (C=O) groups is 3. The molecule has 0 aliphatic carbocycles. The number of aryl methyl sites for hydroxylation is 2. The molecule has 0 spiro atoms. The molecule has 2 fully saturated rings. The molecular weight excluding hydrogens is 430 g/mol. The second-order valence-corrected chi connectivity index (χ2v) is 9.36. The molecule has 4 atom stereocenters. The number of benzene rings is 1. The van der Waals surface area contributed by atoms with Crippen LogP contribution in [0.25, 0.3) is 11.1 Å². The molecule has 4 rings (SSSR count). The summed E-state index contributed by atoms with van der Waals surface area (Å²) >= 11 is 1.24. The quantitative estimate of drug-likeness (QED) is 0.597. The lowest BCUT2D eigenvalue weighted by Crippen LogP contribution is -2.41. The van der Waals surface area contributed by atoms with E-state index in [1.165, 1.54) is 11.3 Å². The summed E-state index contributed by atoms with van der Waals surface area (Å²) < 4.78 is 11.1. The maximum Gasteiger partial charge on any atom is 0.341 e. The summed E-state index contributed by atoms with van der Waals surface area (Å²) in [6.07, 6.45) is 1.15. The van der Waals surface area contributed by atoms with E-state index in [9.17, 15) is 19.5 Å². The lowest BCUT2D eigenvalue weighted by molar-refractivity contribution is -0.147. The molecule has 2 aliphatic rings. The summed E-state index contributed by atoms with van der Waals surface area (Å²) in [6, 6.07) is 5.97. The van der Waals surface area contributed by atoms with Crippen LogP contribution in [-0.2, 0) is 19.1 Å². The summed E-state index contributed by atoms with van der Waals surface area (Å²) in [6.45, 7) is 6.16. The Bertz CT molecular complexity index is 1060. The predicted octanol–water partition coefficient (Wildman–Crippen LogP) is 4.42. The average Bonchev–Trinajstić information content (AvgIpc) is 3.46. The lowest BCUT2D eigenvalue weighted by Gasteiger charge is -2.23. The molecule has 170 valence electrons. The van der Waals surface area contributed by atoms with Gasteiger partial charge in [-0.15, -0.1) is 11.3 Å². The van der Waals surface area contributed by atoms with Gasteiger partial charge in [0.2, 0.25) is 5.91 Å². The first-order valence-corrected chi connectivity index (χ1v) is 11.7. The van der Waals surface area contributed by atoms with Crippen molar-refractivity contribution in [3.05, 3.63) is 40.3 Å². The second-order valence-electron chi connectivity index (χ2n) is 8.48. The molecule has 2 N–H and O–H groups in total. The number of rotatable bonds is 7. The number of thiophene rings is 1. The van der Waals surface area contributed by atoms with Gasteiger partial charge in [-0.2, -0.15) is 0 Å². The molecule has 0 saturated carbocycles. The van der Waals surface area contributed by atoms with Gasteiger partial charge in [-0.25, -0.2) is 4.79 Å². The Morgan fingerprint density at radius 1 is 1.16 bits per heavy atom. The van der Waals surface area contributed by atoms with E-state index in [-0.39, 0.29) is 6.61 Å². The molecule has 2 bridgehead atoms. The first kappa shape index (κ1) is 22.5. The zero-order valence-corrected chi connectivity index (χ0v) is 19.2.